The van der Waals surface area contributed by atoms with E-state index in [9.17, 15) is 8.42 Å². The Labute approximate surface area is 75.4 Å². The van der Waals surface area contributed by atoms with Crippen molar-refractivity contribution in [1.82, 2.24) is 0 Å². The first-order chi connectivity index (χ1) is 4.52. The standard InChI is InChI=1S/C4H2BrClO2S2/c5-4-3(1-2-9-4)10(6,7)8/h1-2H. The molecule has 0 fully saturated rings. The van der Waals surface area contributed by atoms with Gasteiger partial charge in [-0.05, 0) is 27.4 Å². The Morgan fingerprint density at radius 2 is 2.20 bits per heavy atom. The first kappa shape index (κ1) is 8.52. The van der Waals surface area contributed by atoms with Crippen LogP contribution in [0, 0.1) is 0 Å². The van der Waals surface area contributed by atoms with Gasteiger partial charge in [0, 0.05) is 10.7 Å². The summed E-state index contributed by atoms with van der Waals surface area (Å²) in [5, 5.41) is 1.65. The number of rotatable bonds is 1. The first-order valence-corrected chi connectivity index (χ1v) is 6.17. The van der Waals surface area contributed by atoms with Gasteiger partial charge < -0.3 is 0 Å². The van der Waals surface area contributed by atoms with Crippen molar-refractivity contribution in [2.75, 3.05) is 0 Å². The molecule has 6 heteroatoms. The van der Waals surface area contributed by atoms with Gasteiger partial charge >= 0.3 is 0 Å². The molecule has 10 heavy (non-hydrogen) atoms. The number of hydrogen-bond acceptors (Lipinski definition) is 3. The van der Waals surface area contributed by atoms with Crippen LogP contribution in [0.5, 0.6) is 0 Å². The molecular formula is C4H2BrClO2S2. The van der Waals surface area contributed by atoms with E-state index in [1.165, 1.54) is 17.4 Å². The Hall–Kier alpha value is 0.420. The normalized spacial score (nSPS) is 11.8. The first-order valence-electron chi connectivity index (χ1n) is 2.19. The van der Waals surface area contributed by atoms with E-state index in [1.807, 2.05) is 0 Å². The predicted octanol–water partition coefficient (Wildman–Crippen LogP) is 2.44. The highest BCUT2D eigenvalue weighted by molar-refractivity contribution is 9.11. The zero-order chi connectivity index (χ0) is 7.78. The molecule has 0 aliphatic carbocycles. The van der Waals surface area contributed by atoms with Crippen LogP contribution in [0.15, 0.2) is 20.1 Å². The molecule has 0 N–H and O–H groups in total. The molecular weight excluding hydrogens is 260 g/mol. The zero-order valence-electron chi connectivity index (χ0n) is 4.54. The van der Waals surface area contributed by atoms with Crippen molar-refractivity contribution in [2.45, 2.75) is 4.90 Å². The van der Waals surface area contributed by atoms with Crippen LogP contribution in [0.4, 0.5) is 0 Å². The molecule has 0 aliphatic heterocycles. The molecule has 0 unspecified atom stereocenters. The fraction of sp³-hybridized carbons (Fsp3) is 0. The van der Waals surface area contributed by atoms with Crippen LogP contribution in [-0.4, -0.2) is 8.42 Å². The lowest BCUT2D eigenvalue weighted by atomic mass is 10.7. The largest absolute Gasteiger partial charge is 0.263 e. The SMILES string of the molecule is O=S(=O)(Cl)c1ccsc1Br. The molecule has 1 rings (SSSR count). The van der Waals surface area contributed by atoms with Crippen molar-refractivity contribution in [3.63, 3.8) is 0 Å². The van der Waals surface area contributed by atoms with Crippen molar-refractivity contribution >= 4 is 47.0 Å². The zero-order valence-corrected chi connectivity index (χ0v) is 8.52. The van der Waals surface area contributed by atoms with Crippen LogP contribution in [0.3, 0.4) is 0 Å². The highest BCUT2D eigenvalue weighted by Crippen LogP contribution is 2.29. The Kier molecular flexibility index (Phi) is 2.39. The summed E-state index contributed by atoms with van der Waals surface area (Å²) < 4.78 is 21.9. The van der Waals surface area contributed by atoms with Crippen molar-refractivity contribution in [3.8, 4) is 0 Å². The second-order valence-corrected chi connectivity index (χ2v) is 6.26. The second kappa shape index (κ2) is 2.81. The molecule has 0 saturated heterocycles. The monoisotopic (exact) mass is 260 g/mol. The number of thiophene rings is 1. The van der Waals surface area contributed by atoms with Gasteiger partial charge in [-0.3, -0.25) is 0 Å². The van der Waals surface area contributed by atoms with E-state index >= 15 is 0 Å². The third-order valence-electron chi connectivity index (χ3n) is 0.847. The summed E-state index contributed by atoms with van der Waals surface area (Å²) in [6, 6.07) is 1.46. The van der Waals surface area contributed by atoms with Gasteiger partial charge in [0.25, 0.3) is 9.05 Å². The lowest BCUT2D eigenvalue weighted by molar-refractivity contribution is 0.609. The number of hydrogen-bond donors (Lipinski definition) is 0. The fourth-order valence-electron chi connectivity index (χ4n) is 0.456. The molecule has 0 aliphatic rings. The van der Waals surface area contributed by atoms with E-state index in [1.54, 1.807) is 5.38 Å². The summed E-state index contributed by atoms with van der Waals surface area (Å²) >= 11 is 4.34. The lowest BCUT2D eigenvalue weighted by Crippen LogP contribution is -1.86. The van der Waals surface area contributed by atoms with E-state index < -0.39 is 9.05 Å². The summed E-state index contributed by atoms with van der Waals surface area (Å²) in [6.07, 6.45) is 0. The summed E-state index contributed by atoms with van der Waals surface area (Å²) in [5.74, 6) is 0. The van der Waals surface area contributed by atoms with Gasteiger partial charge in [-0.1, -0.05) is 0 Å². The summed E-state index contributed by atoms with van der Waals surface area (Å²) in [5.41, 5.74) is 0. The number of halogens is 2. The topological polar surface area (TPSA) is 34.1 Å². The van der Waals surface area contributed by atoms with E-state index in [0.29, 0.717) is 3.79 Å². The highest BCUT2D eigenvalue weighted by Gasteiger charge is 2.14. The molecule has 0 radical (unpaired) electrons. The van der Waals surface area contributed by atoms with Gasteiger partial charge in [-0.15, -0.1) is 11.3 Å². The van der Waals surface area contributed by atoms with Crippen LogP contribution < -0.4 is 0 Å². The van der Waals surface area contributed by atoms with Gasteiger partial charge in [0.1, 0.15) is 4.90 Å². The molecule has 2 nitrogen and oxygen atoms in total. The minimum atomic E-state index is -3.55. The molecule has 1 aromatic heterocycles. The van der Waals surface area contributed by atoms with Crippen LogP contribution in [-0.2, 0) is 9.05 Å². The second-order valence-electron chi connectivity index (χ2n) is 1.50. The van der Waals surface area contributed by atoms with Crippen molar-refractivity contribution in [2.24, 2.45) is 0 Å². The lowest BCUT2D eigenvalue weighted by Gasteiger charge is -1.88. The maximum atomic E-state index is 10.7. The average molecular weight is 262 g/mol. The minimum absolute atomic E-state index is 0.138. The molecule has 0 saturated carbocycles. The third kappa shape index (κ3) is 1.72. The van der Waals surface area contributed by atoms with Gasteiger partial charge in [0.05, 0.1) is 3.79 Å². The Bertz CT molecular complexity index is 329. The van der Waals surface area contributed by atoms with E-state index in [0.717, 1.165) is 0 Å². The van der Waals surface area contributed by atoms with Gasteiger partial charge in [0.15, 0.2) is 0 Å². The van der Waals surface area contributed by atoms with E-state index in [2.05, 4.69) is 15.9 Å². The highest BCUT2D eigenvalue weighted by atomic mass is 79.9. The molecule has 0 bridgehead atoms. The molecule has 0 atom stereocenters. The van der Waals surface area contributed by atoms with Crippen molar-refractivity contribution in [3.05, 3.63) is 15.2 Å². The quantitative estimate of drug-likeness (QED) is 0.728. The van der Waals surface area contributed by atoms with Crippen LogP contribution >= 0.6 is 37.9 Å². The third-order valence-corrected chi connectivity index (χ3v) is 4.29. The van der Waals surface area contributed by atoms with Gasteiger partial charge in [0.2, 0.25) is 0 Å². The molecule has 0 spiro atoms. The Balaban J connectivity index is 3.32. The summed E-state index contributed by atoms with van der Waals surface area (Å²) in [7, 11) is 1.50. The van der Waals surface area contributed by atoms with Crippen LogP contribution in [0.25, 0.3) is 0 Å². The Morgan fingerprint density at radius 1 is 1.60 bits per heavy atom. The Morgan fingerprint density at radius 3 is 2.40 bits per heavy atom. The summed E-state index contributed by atoms with van der Waals surface area (Å²) in [6.45, 7) is 0. The molecule has 0 aromatic carbocycles. The predicted molar refractivity (Wildman–Crippen MR) is 45.1 cm³/mol. The van der Waals surface area contributed by atoms with Crippen molar-refractivity contribution < 1.29 is 8.42 Å². The maximum absolute atomic E-state index is 10.7. The molecule has 56 valence electrons. The van der Waals surface area contributed by atoms with Gasteiger partial charge in [-0.2, -0.15) is 0 Å². The maximum Gasteiger partial charge on any atom is 0.263 e. The molecule has 0 amide bonds. The minimum Gasteiger partial charge on any atom is -0.207 e. The van der Waals surface area contributed by atoms with Crippen LogP contribution in [0.2, 0.25) is 0 Å². The summed E-state index contributed by atoms with van der Waals surface area (Å²) in [4.78, 5) is 0.138. The van der Waals surface area contributed by atoms with E-state index in [-0.39, 0.29) is 4.90 Å². The van der Waals surface area contributed by atoms with Crippen LogP contribution in [0.1, 0.15) is 0 Å². The van der Waals surface area contributed by atoms with Crippen molar-refractivity contribution in [1.29, 1.82) is 0 Å². The van der Waals surface area contributed by atoms with E-state index in [4.69, 9.17) is 10.7 Å². The fourth-order valence-corrected chi connectivity index (χ4v) is 3.84. The average Bonchev–Trinajstić information content (AvgIpc) is 2.11. The smallest absolute Gasteiger partial charge is 0.207 e. The molecule has 1 heterocycles. The molecule has 1 aromatic rings. The van der Waals surface area contributed by atoms with Gasteiger partial charge in [-0.25, -0.2) is 8.42 Å².